The Balaban J connectivity index is 2.04. The molecule has 1 aromatic carbocycles. The number of phenolic OH excluding ortho intramolecular Hbond substituents is 1. The summed E-state index contributed by atoms with van der Waals surface area (Å²) in [6.07, 6.45) is 6.00. The second kappa shape index (κ2) is 7.06. The molecule has 0 atom stereocenters. The molecule has 0 unspecified atom stereocenters. The molecule has 23 heavy (non-hydrogen) atoms. The van der Waals surface area contributed by atoms with Crippen molar-refractivity contribution < 1.29 is 5.11 Å². The van der Waals surface area contributed by atoms with Crippen LogP contribution in [0.1, 0.15) is 34.4 Å². The van der Waals surface area contributed by atoms with Crippen molar-refractivity contribution in [2.24, 2.45) is 4.99 Å². The summed E-state index contributed by atoms with van der Waals surface area (Å²) < 4.78 is 1.96. The van der Waals surface area contributed by atoms with E-state index in [2.05, 4.69) is 58.9 Å². The Hall–Kier alpha value is -0.680. The standard InChI is InChI=1S/C16H11Br3N2OS/c17-11-5-12(18)15(22)14(19)10(11)7-21-16-9(6-20)8-3-1-2-4-13(8)23-16/h5,7,22H,1-4H2. The Bertz CT molecular complexity index is 852. The quantitative estimate of drug-likeness (QED) is 0.478. The van der Waals surface area contributed by atoms with Gasteiger partial charge in [-0.25, -0.2) is 4.99 Å². The van der Waals surface area contributed by atoms with E-state index in [-0.39, 0.29) is 5.75 Å². The zero-order chi connectivity index (χ0) is 16.6. The Kier molecular flexibility index (Phi) is 5.26. The molecule has 1 aliphatic carbocycles. The fourth-order valence-electron chi connectivity index (χ4n) is 2.59. The molecule has 7 heteroatoms. The van der Waals surface area contributed by atoms with Crippen LogP contribution in [0.25, 0.3) is 0 Å². The summed E-state index contributed by atoms with van der Waals surface area (Å²) in [7, 11) is 0. The first-order chi connectivity index (χ1) is 11.0. The van der Waals surface area contributed by atoms with Crippen LogP contribution in [0.3, 0.4) is 0 Å². The molecule has 118 valence electrons. The average Bonchev–Trinajstić information content (AvgIpc) is 2.90. The lowest BCUT2D eigenvalue weighted by molar-refractivity contribution is 0.468. The van der Waals surface area contributed by atoms with Crippen LogP contribution in [0.15, 0.2) is 24.5 Å². The van der Waals surface area contributed by atoms with Gasteiger partial charge in [-0.15, -0.1) is 11.3 Å². The highest BCUT2D eigenvalue weighted by molar-refractivity contribution is 9.11. The third-order valence-electron chi connectivity index (χ3n) is 3.76. The smallest absolute Gasteiger partial charge is 0.144 e. The lowest BCUT2D eigenvalue weighted by Crippen LogP contribution is -1.99. The van der Waals surface area contributed by atoms with Crippen molar-refractivity contribution in [3.8, 4) is 11.8 Å². The first-order valence-corrected chi connectivity index (χ1v) is 10.2. The van der Waals surface area contributed by atoms with E-state index in [1.54, 1.807) is 23.6 Å². The second-order valence-electron chi connectivity index (χ2n) is 5.18. The van der Waals surface area contributed by atoms with Crippen molar-refractivity contribution in [1.82, 2.24) is 0 Å². The third-order valence-corrected chi connectivity index (χ3v) is 7.02. The van der Waals surface area contributed by atoms with Gasteiger partial charge in [0.2, 0.25) is 0 Å². The lowest BCUT2D eigenvalue weighted by atomic mass is 9.96. The van der Waals surface area contributed by atoms with E-state index < -0.39 is 0 Å². The van der Waals surface area contributed by atoms with Crippen molar-refractivity contribution in [3.05, 3.63) is 41.1 Å². The zero-order valence-corrected chi connectivity index (χ0v) is 17.4. The molecule has 3 rings (SSSR count). The summed E-state index contributed by atoms with van der Waals surface area (Å²) in [6, 6.07) is 4.08. The van der Waals surface area contributed by atoms with Gasteiger partial charge < -0.3 is 5.11 Å². The first-order valence-electron chi connectivity index (χ1n) is 6.98. The van der Waals surface area contributed by atoms with Gasteiger partial charge in [-0.1, -0.05) is 15.9 Å². The number of benzene rings is 1. The maximum absolute atomic E-state index is 10.0. The second-order valence-corrected chi connectivity index (χ2v) is 8.76. The van der Waals surface area contributed by atoms with E-state index in [4.69, 9.17) is 0 Å². The van der Waals surface area contributed by atoms with Crippen molar-refractivity contribution >= 4 is 70.3 Å². The third kappa shape index (κ3) is 3.27. The number of nitriles is 1. The molecule has 2 aromatic rings. The number of fused-ring (bicyclic) bond motifs is 1. The molecular weight excluding hydrogens is 508 g/mol. The van der Waals surface area contributed by atoms with Crippen LogP contribution in [-0.4, -0.2) is 11.3 Å². The number of aliphatic imine (C=N–C) groups is 1. The predicted octanol–water partition coefficient (Wildman–Crippen LogP) is 6.24. The summed E-state index contributed by atoms with van der Waals surface area (Å²) in [6.45, 7) is 0. The Morgan fingerprint density at radius 3 is 2.70 bits per heavy atom. The fourth-order valence-corrected chi connectivity index (χ4v) is 6.10. The Morgan fingerprint density at radius 2 is 1.96 bits per heavy atom. The van der Waals surface area contributed by atoms with Gasteiger partial charge >= 0.3 is 0 Å². The molecule has 1 aliphatic rings. The number of aromatic hydroxyl groups is 1. The predicted molar refractivity (Wildman–Crippen MR) is 104 cm³/mol. The summed E-state index contributed by atoms with van der Waals surface area (Å²) in [4.78, 5) is 5.82. The topological polar surface area (TPSA) is 56.4 Å². The number of halogens is 3. The van der Waals surface area contributed by atoms with Gasteiger partial charge in [-0.3, -0.25) is 0 Å². The van der Waals surface area contributed by atoms with E-state index >= 15 is 0 Å². The van der Waals surface area contributed by atoms with Crippen LogP contribution in [0.2, 0.25) is 0 Å². The number of hydrogen-bond acceptors (Lipinski definition) is 4. The Labute approximate surface area is 163 Å². The largest absolute Gasteiger partial charge is 0.506 e. The molecule has 0 amide bonds. The number of phenols is 1. The van der Waals surface area contributed by atoms with Gasteiger partial charge in [0, 0.05) is 21.1 Å². The van der Waals surface area contributed by atoms with Gasteiger partial charge in [0.1, 0.15) is 16.8 Å². The fraction of sp³-hybridized carbons (Fsp3) is 0.250. The lowest BCUT2D eigenvalue weighted by Gasteiger charge is -2.09. The molecule has 0 fully saturated rings. The monoisotopic (exact) mass is 516 g/mol. The van der Waals surface area contributed by atoms with Gasteiger partial charge in [0.25, 0.3) is 0 Å². The number of thiophene rings is 1. The maximum Gasteiger partial charge on any atom is 0.144 e. The number of aryl methyl sites for hydroxylation is 1. The molecule has 0 saturated carbocycles. The first kappa shape index (κ1) is 17.2. The van der Waals surface area contributed by atoms with Gasteiger partial charge in [-0.05, 0) is 69.2 Å². The number of rotatable bonds is 2. The summed E-state index contributed by atoms with van der Waals surface area (Å²) in [5.41, 5.74) is 2.61. The van der Waals surface area contributed by atoms with Crippen molar-refractivity contribution in [2.75, 3.05) is 0 Å². The zero-order valence-electron chi connectivity index (χ0n) is 11.9. The van der Waals surface area contributed by atoms with Crippen LogP contribution >= 0.6 is 59.1 Å². The summed E-state index contributed by atoms with van der Waals surface area (Å²) in [5.74, 6) is 0.126. The highest BCUT2D eigenvalue weighted by atomic mass is 79.9. The van der Waals surface area contributed by atoms with Crippen molar-refractivity contribution in [3.63, 3.8) is 0 Å². The molecule has 0 aliphatic heterocycles. The molecule has 3 nitrogen and oxygen atoms in total. The highest BCUT2D eigenvalue weighted by Gasteiger charge is 2.20. The Morgan fingerprint density at radius 1 is 1.22 bits per heavy atom. The van der Waals surface area contributed by atoms with E-state index in [0.717, 1.165) is 34.3 Å². The van der Waals surface area contributed by atoms with Crippen molar-refractivity contribution in [2.45, 2.75) is 25.7 Å². The normalized spacial score (nSPS) is 14.0. The molecule has 1 N–H and O–H groups in total. The average molecular weight is 519 g/mol. The highest BCUT2D eigenvalue weighted by Crippen LogP contribution is 2.41. The molecule has 1 heterocycles. The molecular formula is C16H11Br3N2OS. The number of hydrogen-bond donors (Lipinski definition) is 1. The summed E-state index contributed by atoms with van der Waals surface area (Å²) in [5, 5.41) is 20.2. The van der Waals surface area contributed by atoms with Crippen molar-refractivity contribution in [1.29, 1.82) is 5.26 Å². The molecule has 0 saturated heterocycles. The summed E-state index contributed by atoms with van der Waals surface area (Å²) >= 11 is 11.8. The van der Waals surface area contributed by atoms with Crippen LogP contribution in [0, 0.1) is 11.3 Å². The number of nitrogens with zero attached hydrogens (tertiary/aromatic N) is 2. The van der Waals surface area contributed by atoms with Gasteiger partial charge in [-0.2, -0.15) is 5.26 Å². The van der Waals surface area contributed by atoms with E-state index in [9.17, 15) is 10.4 Å². The molecule has 0 bridgehead atoms. The molecule has 0 spiro atoms. The van der Waals surface area contributed by atoms with Gasteiger partial charge in [0.15, 0.2) is 0 Å². The maximum atomic E-state index is 10.0. The SMILES string of the molecule is N#Cc1c(N=Cc2c(Br)cc(Br)c(O)c2Br)sc2c1CCCC2. The minimum absolute atomic E-state index is 0.126. The van der Waals surface area contributed by atoms with Crippen LogP contribution in [-0.2, 0) is 12.8 Å². The molecule has 1 aromatic heterocycles. The van der Waals surface area contributed by atoms with Crippen LogP contribution in [0.4, 0.5) is 5.00 Å². The van der Waals surface area contributed by atoms with Crippen LogP contribution in [0.5, 0.6) is 5.75 Å². The van der Waals surface area contributed by atoms with E-state index in [1.807, 2.05) is 0 Å². The minimum atomic E-state index is 0.126. The van der Waals surface area contributed by atoms with Gasteiger partial charge in [0.05, 0.1) is 14.5 Å². The minimum Gasteiger partial charge on any atom is -0.506 e. The van der Waals surface area contributed by atoms with Crippen LogP contribution < -0.4 is 0 Å². The molecule has 0 radical (unpaired) electrons. The van der Waals surface area contributed by atoms with E-state index in [1.165, 1.54) is 16.9 Å². The van der Waals surface area contributed by atoms with E-state index in [0.29, 0.717) is 14.5 Å².